The number of nitrogens with one attached hydrogen (secondary N) is 2. The highest BCUT2D eigenvalue weighted by molar-refractivity contribution is 7.17. The van der Waals surface area contributed by atoms with Gasteiger partial charge < -0.3 is 4.74 Å². The molecule has 0 aliphatic heterocycles. The van der Waals surface area contributed by atoms with E-state index < -0.39 is 11.8 Å². The topological polar surface area (TPSA) is 67.4 Å². The largest absolute Gasteiger partial charge is 0.495 e. The summed E-state index contributed by atoms with van der Waals surface area (Å²) < 4.78 is 18.2. The molecule has 27 heavy (non-hydrogen) atoms. The fourth-order valence-electron chi connectivity index (χ4n) is 2.44. The molecule has 0 aliphatic carbocycles. The highest BCUT2D eigenvalue weighted by Gasteiger charge is 2.18. The second-order valence-electron chi connectivity index (χ2n) is 5.68. The van der Waals surface area contributed by atoms with Crippen LogP contribution in [0.5, 0.6) is 5.75 Å². The molecule has 0 saturated heterocycles. The smallest absolute Gasteiger partial charge is 0.283 e. The van der Waals surface area contributed by atoms with Crippen molar-refractivity contribution in [3.8, 4) is 16.2 Å². The molecule has 1 heterocycles. The number of benzene rings is 2. The van der Waals surface area contributed by atoms with E-state index in [1.807, 2.05) is 30.3 Å². The van der Waals surface area contributed by atoms with Crippen LogP contribution in [0.25, 0.3) is 10.4 Å². The van der Waals surface area contributed by atoms with E-state index in [2.05, 4.69) is 10.9 Å². The van der Waals surface area contributed by atoms with Crippen molar-refractivity contribution in [2.75, 3.05) is 7.11 Å². The SMILES string of the molecule is COc1cc(-c2ccccc2)sc1C(=O)NNC(=O)Cc1ccc(F)cc1. The van der Waals surface area contributed by atoms with Crippen LogP contribution < -0.4 is 15.6 Å². The molecule has 138 valence electrons. The second kappa shape index (κ2) is 8.46. The fraction of sp³-hybridized carbons (Fsp3) is 0.100. The summed E-state index contributed by atoms with van der Waals surface area (Å²) in [6.07, 6.45) is 0.0252. The number of carbonyl (C=O) groups excluding carboxylic acids is 2. The minimum atomic E-state index is -0.466. The van der Waals surface area contributed by atoms with Crippen LogP contribution in [0.15, 0.2) is 60.7 Å². The normalized spacial score (nSPS) is 10.3. The first-order valence-corrected chi connectivity index (χ1v) is 8.95. The van der Waals surface area contributed by atoms with Gasteiger partial charge in [0.15, 0.2) is 0 Å². The molecular formula is C20H17FN2O3S. The zero-order chi connectivity index (χ0) is 19.2. The predicted octanol–water partition coefficient (Wildman–Crippen LogP) is 3.57. The van der Waals surface area contributed by atoms with Gasteiger partial charge in [-0.25, -0.2) is 4.39 Å². The highest BCUT2D eigenvalue weighted by Crippen LogP contribution is 2.35. The Morgan fingerprint density at radius 1 is 1.04 bits per heavy atom. The summed E-state index contributed by atoms with van der Waals surface area (Å²) in [6, 6.07) is 17.0. The Morgan fingerprint density at radius 2 is 1.74 bits per heavy atom. The van der Waals surface area contributed by atoms with Gasteiger partial charge in [0.25, 0.3) is 5.91 Å². The van der Waals surface area contributed by atoms with Gasteiger partial charge in [-0.05, 0) is 29.3 Å². The van der Waals surface area contributed by atoms with Crippen molar-refractivity contribution >= 4 is 23.2 Å². The molecule has 0 spiro atoms. The molecule has 2 aromatic carbocycles. The zero-order valence-corrected chi connectivity index (χ0v) is 15.3. The van der Waals surface area contributed by atoms with Gasteiger partial charge in [-0.2, -0.15) is 0 Å². The molecule has 0 saturated carbocycles. The molecule has 5 nitrogen and oxygen atoms in total. The van der Waals surface area contributed by atoms with Crippen molar-refractivity contribution in [3.63, 3.8) is 0 Å². The summed E-state index contributed by atoms with van der Waals surface area (Å²) in [4.78, 5) is 25.6. The Hall–Kier alpha value is -3.19. The van der Waals surface area contributed by atoms with E-state index >= 15 is 0 Å². The third kappa shape index (κ3) is 4.71. The van der Waals surface area contributed by atoms with Crippen molar-refractivity contribution in [3.05, 3.63) is 76.9 Å². The van der Waals surface area contributed by atoms with Crippen molar-refractivity contribution in [2.24, 2.45) is 0 Å². The quantitative estimate of drug-likeness (QED) is 0.661. The number of ether oxygens (including phenoxy) is 1. The number of hydrogen-bond acceptors (Lipinski definition) is 4. The van der Waals surface area contributed by atoms with Crippen molar-refractivity contribution in [1.29, 1.82) is 0 Å². The van der Waals surface area contributed by atoms with Gasteiger partial charge in [-0.3, -0.25) is 20.4 Å². The van der Waals surface area contributed by atoms with E-state index in [1.54, 1.807) is 6.07 Å². The third-order valence-electron chi connectivity index (χ3n) is 3.78. The Bertz CT molecular complexity index is 940. The van der Waals surface area contributed by atoms with Crippen LogP contribution in [0.4, 0.5) is 4.39 Å². The molecule has 1 aromatic heterocycles. The van der Waals surface area contributed by atoms with Gasteiger partial charge in [-0.15, -0.1) is 11.3 Å². The molecular weight excluding hydrogens is 367 g/mol. The molecule has 3 aromatic rings. The maximum Gasteiger partial charge on any atom is 0.283 e. The van der Waals surface area contributed by atoms with E-state index in [0.717, 1.165) is 10.4 Å². The van der Waals surface area contributed by atoms with Crippen LogP contribution in [0.2, 0.25) is 0 Å². The Morgan fingerprint density at radius 3 is 2.41 bits per heavy atom. The molecule has 0 bridgehead atoms. The van der Waals surface area contributed by atoms with E-state index in [9.17, 15) is 14.0 Å². The number of halogens is 1. The highest BCUT2D eigenvalue weighted by atomic mass is 32.1. The average Bonchev–Trinajstić information content (AvgIpc) is 3.13. The summed E-state index contributed by atoms with van der Waals surface area (Å²) in [5.74, 6) is -0.809. The standard InChI is InChI=1S/C20H17FN2O3S/c1-26-16-12-17(14-5-3-2-4-6-14)27-19(16)20(25)23-22-18(24)11-13-7-9-15(21)10-8-13/h2-10,12H,11H2,1H3,(H,22,24)(H,23,25). The van der Waals surface area contributed by atoms with Crippen LogP contribution >= 0.6 is 11.3 Å². The van der Waals surface area contributed by atoms with Gasteiger partial charge in [0, 0.05) is 4.88 Å². The van der Waals surface area contributed by atoms with Crippen LogP contribution in [0.1, 0.15) is 15.2 Å². The van der Waals surface area contributed by atoms with Gasteiger partial charge in [0.2, 0.25) is 5.91 Å². The molecule has 0 aliphatic rings. The Kier molecular flexibility index (Phi) is 5.83. The van der Waals surface area contributed by atoms with Crippen LogP contribution in [-0.2, 0) is 11.2 Å². The van der Waals surface area contributed by atoms with E-state index in [-0.39, 0.29) is 12.2 Å². The summed E-state index contributed by atoms with van der Waals surface area (Å²) in [7, 11) is 1.49. The summed E-state index contributed by atoms with van der Waals surface area (Å²) in [5, 5.41) is 0. The van der Waals surface area contributed by atoms with Crippen LogP contribution in [0, 0.1) is 5.82 Å². The molecule has 3 rings (SSSR count). The third-order valence-corrected chi connectivity index (χ3v) is 4.94. The van der Waals surface area contributed by atoms with Gasteiger partial charge in [0.05, 0.1) is 13.5 Å². The number of thiophene rings is 1. The number of hydrazine groups is 1. The molecule has 7 heteroatoms. The fourth-order valence-corrected chi connectivity index (χ4v) is 3.47. The first-order valence-electron chi connectivity index (χ1n) is 8.13. The number of rotatable bonds is 5. The minimum absolute atomic E-state index is 0.0252. The summed E-state index contributed by atoms with van der Waals surface area (Å²) in [5.41, 5.74) is 6.37. The molecule has 2 N–H and O–H groups in total. The summed E-state index contributed by atoms with van der Waals surface area (Å²) in [6.45, 7) is 0. The molecule has 0 atom stereocenters. The summed E-state index contributed by atoms with van der Waals surface area (Å²) >= 11 is 1.27. The van der Waals surface area contributed by atoms with Crippen LogP contribution in [-0.4, -0.2) is 18.9 Å². The predicted molar refractivity (Wildman–Crippen MR) is 102 cm³/mol. The lowest BCUT2D eigenvalue weighted by molar-refractivity contribution is -0.121. The monoisotopic (exact) mass is 384 g/mol. The number of carbonyl (C=O) groups is 2. The van der Waals surface area contributed by atoms with Gasteiger partial charge >= 0.3 is 0 Å². The second-order valence-corrected chi connectivity index (χ2v) is 6.73. The van der Waals surface area contributed by atoms with Crippen molar-refractivity contribution < 1.29 is 18.7 Å². The molecule has 0 radical (unpaired) electrons. The van der Waals surface area contributed by atoms with E-state index in [4.69, 9.17) is 4.74 Å². The molecule has 0 fully saturated rings. The van der Waals surface area contributed by atoms with E-state index in [0.29, 0.717) is 16.2 Å². The minimum Gasteiger partial charge on any atom is -0.495 e. The number of amides is 2. The van der Waals surface area contributed by atoms with E-state index in [1.165, 1.54) is 42.7 Å². The van der Waals surface area contributed by atoms with Gasteiger partial charge in [-0.1, -0.05) is 42.5 Å². The van der Waals surface area contributed by atoms with Crippen molar-refractivity contribution in [1.82, 2.24) is 10.9 Å². The lowest BCUT2D eigenvalue weighted by Gasteiger charge is -2.07. The Labute approximate surface area is 159 Å². The first kappa shape index (κ1) is 18.6. The molecule has 2 amide bonds. The maximum atomic E-state index is 12.9. The first-order chi connectivity index (χ1) is 13.1. The number of methoxy groups -OCH3 is 1. The molecule has 0 unspecified atom stereocenters. The average molecular weight is 384 g/mol. The lowest BCUT2D eigenvalue weighted by Crippen LogP contribution is -2.42. The van der Waals surface area contributed by atoms with Gasteiger partial charge in [0.1, 0.15) is 16.4 Å². The van der Waals surface area contributed by atoms with Crippen LogP contribution in [0.3, 0.4) is 0 Å². The lowest BCUT2D eigenvalue weighted by atomic mass is 10.1. The zero-order valence-electron chi connectivity index (χ0n) is 14.5. The maximum absolute atomic E-state index is 12.9. The Balaban J connectivity index is 1.64. The number of hydrogen-bond donors (Lipinski definition) is 2. The van der Waals surface area contributed by atoms with Crippen molar-refractivity contribution in [2.45, 2.75) is 6.42 Å².